The van der Waals surface area contributed by atoms with Crippen LogP contribution in [0.5, 0.6) is 0 Å². The predicted octanol–water partition coefficient (Wildman–Crippen LogP) is 15.5. The molecular formula is C54H99NO5. The molecule has 0 rings (SSSR count). The molecule has 0 saturated heterocycles. The molecule has 0 aromatic carbocycles. The number of nitrogens with one attached hydrogen (secondary N) is 1. The SMILES string of the molecule is CC/C=C/C=C/C=C\CCCCCC(CC(=O)NC(CO)C(O)CCCCCCCCCCCCCCC)OC(=O)CCCCCCCCC/C=C/CCCCCCCC. The minimum absolute atomic E-state index is 0.0535. The Morgan fingerprint density at radius 2 is 0.917 bits per heavy atom. The fourth-order valence-corrected chi connectivity index (χ4v) is 7.78. The normalized spacial score (nSPS) is 13.6. The van der Waals surface area contributed by atoms with E-state index in [4.69, 9.17) is 4.74 Å². The van der Waals surface area contributed by atoms with Gasteiger partial charge in [-0.1, -0.05) is 223 Å². The molecule has 350 valence electrons. The van der Waals surface area contributed by atoms with Crippen molar-refractivity contribution in [1.29, 1.82) is 0 Å². The molecule has 0 saturated carbocycles. The Morgan fingerprint density at radius 3 is 1.42 bits per heavy atom. The van der Waals surface area contributed by atoms with Crippen LogP contribution in [0.4, 0.5) is 0 Å². The van der Waals surface area contributed by atoms with Crippen LogP contribution in [0.25, 0.3) is 0 Å². The van der Waals surface area contributed by atoms with Gasteiger partial charge in [-0.3, -0.25) is 9.59 Å². The molecule has 6 nitrogen and oxygen atoms in total. The molecule has 0 radical (unpaired) electrons. The molecular weight excluding hydrogens is 743 g/mol. The van der Waals surface area contributed by atoms with Gasteiger partial charge in [-0.25, -0.2) is 0 Å². The lowest BCUT2D eigenvalue weighted by atomic mass is 10.0. The van der Waals surface area contributed by atoms with Crippen molar-refractivity contribution in [1.82, 2.24) is 5.32 Å². The number of hydrogen-bond acceptors (Lipinski definition) is 5. The Kier molecular flexibility index (Phi) is 46.1. The Labute approximate surface area is 372 Å². The highest BCUT2D eigenvalue weighted by atomic mass is 16.5. The summed E-state index contributed by atoms with van der Waals surface area (Å²) >= 11 is 0. The van der Waals surface area contributed by atoms with Crippen molar-refractivity contribution in [3.63, 3.8) is 0 Å². The van der Waals surface area contributed by atoms with Crippen LogP contribution in [-0.2, 0) is 14.3 Å². The molecule has 60 heavy (non-hydrogen) atoms. The third kappa shape index (κ3) is 42.5. The standard InChI is InChI=1S/C54H99NO5/c1-4-7-10-13-16-19-22-24-25-26-27-29-32-35-38-41-44-47-54(59)60-50(45-42-39-36-33-30-21-18-15-12-9-6-3)48-53(58)55-51(49-56)52(57)46-43-40-37-34-31-28-23-20-17-14-11-8-5-2/h9,12,15,18,21,24-25,30,50-52,56-57H,4-8,10-11,13-14,16-17,19-20,22-23,26-29,31-49H2,1-3H3,(H,55,58)/b12-9+,18-15+,25-24+,30-21-. The monoisotopic (exact) mass is 842 g/mol. The van der Waals surface area contributed by atoms with Crippen LogP contribution in [0.3, 0.4) is 0 Å². The topological polar surface area (TPSA) is 95.9 Å². The zero-order chi connectivity index (χ0) is 43.8. The largest absolute Gasteiger partial charge is 0.462 e. The van der Waals surface area contributed by atoms with Gasteiger partial charge in [0.1, 0.15) is 6.10 Å². The summed E-state index contributed by atoms with van der Waals surface area (Å²) in [6, 6.07) is -0.712. The Hall–Kier alpha value is -2.18. The van der Waals surface area contributed by atoms with Gasteiger partial charge in [0.15, 0.2) is 0 Å². The van der Waals surface area contributed by atoms with Crippen LogP contribution in [0.2, 0.25) is 0 Å². The molecule has 1 amide bonds. The number of unbranched alkanes of at least 4 members (excludes halogenated alkanes) is 28. The molecule has 3 atom stereocenters. The van der Waals surface area contributed by atoms with E-state index in [9.17, 15) is 19.8 Å². The van der Waals surface area contributed by atoms with Crippen molar-refractivity contribution < 1.29 is 24.5 Å². The van der Waals surface area contributed by atoms with Crippen molar-refractivity contribution >= 4 is 11.9 Å². The first-order valence-corrected chi connectivity index (χ1v) is 25.9. The first-order valence-electron chi connectivity index (χ1n) is 25.9. The molecule has 0 aromatic rings. The summed E-state index contributed by atoms with van der Waals surface area (Å²) in [5.41, 5.74) is 0. The molecule has 3 unspecified atom stereocenters. The van der Waals surface area contributed by atoms with Crippen LogP contribution in [0.1, 0.15) is 258 Å². The quantitative estimate of drug-likeness (QED) is 0.0246. The Morgan fingerprint density at radius 1 is 0.500 bits per heavy atom. The molecule has 0 aliphatic heterocycles. The van der Waals surface area contributed by atoms with Crippen LogP contribution in [0, 0.1) is 0 Å². The van der Waals surface area contributed by atoms with E-state index in [0.29, 0.717) is 19.3 Å². The third-order valence-corrected chi connectivity index (χ3v) is 11.7. The lowest BCUT2D eigenvalue weighted by molar-refractivity contribution is -0.151. The number of carbonyl (C=O) groups is 2. The second kappa shape index (κ2) is 47.9. The van der Waals surface area contributed by atoms with E-state index >= 15 is 0 Å². The highest BCUT2D eigenvalue weighted by Crippen LogP contribution is 2.18. The van der Waals surface area contributed by atoms with Gasteiger partial charge < -0.3 is 20.3 Å². The maximum Gasteiger partial charge on any atom is 0.306 e. The van der Waals surface area contributed by atoms with Gasteiger partial charge in [-0.2, -0.15) is 0 Å². The van der Waals surface area contributed by atoms with E-state index in [0.717, 1.165) is 70.6 Å². The number of aliphatic hydroxyl groups excluding tert-OH is 2. The van der Waals surface area contributed by atoms with Crippen LogP contribution < -0.4 is 5.32 Å². The number of hydrogen-bond donors (Lipinski definition) is 3. The van der Waals surface area contributed by atoms with E-state index < -0.39 is 18.2 Å². The molecule has 0 heterocycles. The molecule has 3 N–H and O–H groups in total. The van der Waals surface area contributed by atoms with E-state index in [1.807, 2.05) is 12.2 Å². The van der Waals surface area contributed by atoms with Crippen LogP contribution in [-0.4, -0.2) is 46.9 Å². The molecule has 0 aliphatic rings. The van der Waals surface area contributed by atoms with Crippen LogP contribution in [0.15, 0.2) is 48.6 Å². The highest BCUT2D eigenvalue weighted by molar-refractivity contribution is 5.77. The fourth-order valence-electron chi connectivity index (χ4n) is 7.78. The minimum Gasteiger partial charge on any atom is -0.462 e. The predicted molar refractivity (Wildman–Crippen MR) is 259 cm³/mol. The van der Waals surface area contributed by atoms with Crippen molar-refractivity contribution in [3.05, 3.63) is 48.6 Å². The Bertz CT molecular complexity index is 1040. The highest BCUT2D eigenvalue weighted by Gasteiger charge is 2.24. The van der Waals surface area contributed by atoms with Crippen molar-refractivity contribution in [2.45, 2.75) is 277 Å². The number of allylic oxidation sites excluding steroid dienone is 8. The zero-order valence-electron chi connectivity index (χ0n) is 39.8. The number of aliphatic hydroxyl groups is 2. The lowest BCUT2D eigenvalue weighted by Crippen LogP contribution is -2.46. The van der Waals surface area contributed by atoms with E-state index in [1.54, 1.807) is 0 Å². The number of carbonyl (C=O) groups excluding carboxylic acids is 2. The maximum absolute atomic E-state index is 13.2. The zero-order valence-corrected chi connectivity index (χ0v) is 39.8. The molecule has 6 heteroatoms. The summed E-state index contributed by atoms with van der Waals surface area (Å²) in [5, 5.41) is 23.7. The van der Waals surface area contributed by atoms with Gasteiger partial charge in [0.05, 0.1) is 25.2 Å². The first-order chi connectivity index (χ1) is 29.5. The number of ether oxygens (including phenoxy) is 1. The van der Waals surface area contributed by atoms with Crippen LogP contribution >= 0.6 is 0 Å². The van der Waals surface area contributed by atoms with Crippen molar-refractivity contribution in [2.24, 2.45) is 0 Å². The number of rotatable bonds is 46. The summed E-state index contributed by atoms with van der Waals surface area (Å²) in [7, 11) is 0. The van der Waals surface area contributed by atoms with Gasteiger partial charge >= 0.3 is 5.97 Å². The van der Waals surface area contributed by atoms with Gasteiger partial charge in [-0.05, 0) is 70.6 Å². The average molecular weight is 842 g/mol. The van der Waals surface area contributed by atoms with Gasteiger partial charge in [0.25, 0.3) is 0 Å². The van der Waals surface area contributed by atoms with E-state index in [-0.39, 0.29) is 24.9 Å². The van der Waals surface area contributed by atoms with Gasteiger partial charge in [0, 0.05) is 6.42 Å². The van der Waals surface area contributed by atoms with Crippen molar-refractivity contribution in [3.8, 4) is 0 Å². The summed E-state index contributed by atoms with van der Waals surface area (Å²) in [4.78, 5) is 26.1. The smallest absolute Gasteiger partial charge is 0.306 e. The summed E-state index contributed by atoms with van der Waals surface area (Å²) in [5.74, 6) is -0.509. The number of esters is 1. The minimum atomic E-state index is -0.797. The van der Waals surface area contributed by atoms with Crippen molar-refractivity contribution in [2.75, 3.05) is 6.61 Å². The Balaban J connectivity index is 4.54. The first kappa shape index (κ1) is 57.8. The third-order valence-electron chi connectivity index (χ3n) is 11.7. The second-order valence-electron chi connectivity index (χ2n) is 17.6. The van der Waals surface area contributed by atoms with E-state index in [2.05, 4.69) is 62.5 Å². The fraction of sp³-hybridized carbons (Fsp3) is 0.815. The molecule has 0 spiro atoms. The van der Waals surface area contributed by atoms with Gasteiger partial charge in [0.2, 0.25) is 5.91 Å². The number of amides is 1. The maximum atomic E-state index is 13.2. The lowest BCUT2D eigenvalue weighted by Gasteiger charge is -2.24. The summed E-state index contributed by atoms with van der Waals surface area (Å²) < 4.78 is 5.91. The molecule has 0 aromatic heterocycles. The second-order valence-corrected chi connectivity index (χ2v) is 17.6. The summed E-state index contributed by atoms with van der Waals surface area (Å²) in [6.07, 6.45) is 57.5. The summed E-state index contributed by atoms with van der Waals surface area (Å²) in [6.45, 7) is 6.34. The molecule has 0 bridgehead atoms. The van der Waals surface area contributed by atoms with E-state index in [1.165, 1.54) is 141 Å². The molecule has 0 aliphatic carbocycles. The molecule has 0 fully saturated rings. The average Bonchev–Trinajstić information content (AvgIpc) is 3.24. The van der Waals surface area contributed by atoms with Gasteiger partial charge in [-0.15, -0.1) is 0 Å².